The fourth-order valence-electron chi connectivity index (χ4n) is 1.89. The maximum Gasteiger partial charge on any atom is 0.334 e. The molecule has 1 aromatic carbocycles. The number of halogens is 3. The Labute approximate surface area is 123 Å². The van der Waals surface area contributed by atoms with Crippen LogP contribution in [0.4, 0.5) is 4.39 Å². The maximum atomic E-state index is 13.9. The Morgan fingerprint density at radius 3 is 2.60 bits per heavy atom. The molecule has 1 N–H and O–H groups in total. The molecule has 20 heavy (non-hydrogen) atoms. The van der Waals surface area contributed by atoms with Gasteiger partial charge in [0.1, 0.15) is 11.0 Å². The van der Waals surface area contributed by atoms with Crippen molar-refractivity contribution in [3.63, 3.8) is 0 Å². The largest absolute Gasteiger partial charge is 0.334 e. The number of hydrogen-bond donors (Lipinski definition) is 1. The number of H-pyrrole nitrogens is 1. The third-order valence-electron chi connectivity index (χ3n) is 2.80. The van der Waals surface area contributed by atoms with Gasteiger partial charge in [0.15, 0.2) is 0 Å². The van der Waals surface area contributed by atoms with Gasteiger partial charge in [-0.2, -0.15) is 0 Å². The molecule has 0 saturated carbocycles. The zero-order valence-corrected chi connectivity index (χ0v) is 12.1. The molecule has 0 aliphatic rings. The van der Waals surface area contributed by atoms with E-state index in [2.05, 4.69) is 4.98 Å². The van der Waals surface area contributed by atoms with Crippen molar-refractivity contribution in [2.45, 2.75) is 19.8 Å². The molecule has 7 heteroatoms. The van der Waals surface area contributed by atoms with Crippen LogP contribution in [0.5, 0.6) is 0 Å². The molecule has 0 aliphatic heterocycles. The van der Waals surface area contributed by atoms with E-state index in [-0.39, 0.29) is 21.4 Å². The smallest absolute Gasteiger partial charge is 0.297 e. The minimum Gasteiger partial charge on any atom is -0.297 e. The monoisotopic (exact) mass is 316 g/mol. The van der Waals surface area contributed by atoms with Crippen molar-refractivity contribution in [2.75, 3.05) is 0 Å². The highest BCUT2D eigenvalue weighted by Gasteiger charge is 2.16. The lowest BCUT2D eigenvalue weighted by molar-refractivity contribution is 0.611. The molecule has 4 nitrogen and oxygen atoms in total. The van der Waals surface area contributed by atoms with Crippen LogP contribution in [0.1, 0.15) is 18.9 Å². The SMILES string of the molecule is CCCc1c(Cl)[nH]c(=O)n(-c2ccc(Cl)cc2F)c1=O. The number of aromatic amines is 1. The quantitative estimate of drug-likeness (QED) is 0.885. The number of nitrogens with zero attached hydrogens (tertiary/aromatic N) is 1. The molecule has 0 atom stereocenters. The van der Waals surface area contributed by atoms with E-state index in [0.717, 1.165) is 10.6 Å². The highest BCUT2D eigenvalue weighted by Crippen LogP contribution is 2.17. The van der Waals surface area contributed by atoms with Crippen molar-refractivity contribution in [3.05, 3.63) is 60.6 Å². The van der Waals surface area contributed by atoms with Crippen LogP contribution in [-0.4, -0.2) is 9.55 Å². The summed E-state index contributed by atoms with van der Waals surface area (Å²) in [6, 6.07) is 3.72. The van der Waals surface area contributed by atoms with Gasteiger partial charge < -0.3 is 0 Å². The second-order valence-electron chi connectivity index (χ2n) is 4.21. The molecule has 0 fully saturated rings. The lowest BCUT2D eigenvalue weighted by Gasteiger charge is -2.09. The standard InChI is InChI=1S/C13H11Cl2FN2O2/c1-2-3-8-11(15)17-13(20)18(12(8)19)10-5-4-7(14)6-9(10)16/h4-6H,2-3H2,1H3,(H,17,20). The molecule has 0 amide bonds. The second kappa shape index (κ2) is 5.81. The van der Waals surface area contributed by atoms with Crippen molar-refractivity contribution in [1.29, 1.82) is 0 Å². The average molecular weight is 317 g/mol. The fraction of sp³-hybridized carbons (Fsp3) is 0.231. The zero-order chi connectivity index (χ0) is 14.9. The molecule has 106 valence electrons. The Balaban J connectivity index is 2.77. The van der Waals surface area contributed by atoms with Gasteiger partial charge in [0.2, 0.25) is 0 Å². The molecule has 0 radical (unpaired) electrons. The van der Waals surface area contributed by atoms with Crippen LogP contribution >= 0.6 is 23.2 Å². The molecule has 0 saturated heterocycles. The van der Waals surface area contributed by atoms with Gasteiger partial charge >= 0.3 is 5.69 Å². The van der Waals surface area contributed by atoms with E-state index in [1.165, 1.54) is 12.1 Å². The van der Waals surface area contributed by atoms with Crippen molar-refractivity contribution in [2.24, 2.45) is 0 Å². The van der Waals surface area contributed by atoms with E-state index in [0.29, 0.717) is 12.8 Å². The van der Waals surface area contributed by atoms with Gasteiger partial charge in [0.05, 0.1) is 11.3 Å². The predicted octanol–water partition coefficient (Wildman–Crippen LogP) is 2.92. The van der Waals surface area contributed by atoms with Crippen LogP contribution in [0.3, 0.4) is 0 Å². The van der Waals surface area contributed by atoms with Gasteiger partial charge in [-0.15, -0.1) is 0 Å². The topological polar surface area (TPSA) is 54.9 Å². The number of nitrogens with one attached hydrogen (secondary N) is 1. The molecule has 2 aromatic rings. The van der Waals surface area contributed by atoms with Gasteiger partial charge in [-0.1, -0.05) is 36.5 Å². The van der Waals surface area contributed by atoms with Gasteiger partial charge in [-0.05, 0) is 24.6 Å². The van der Waals surface area contributed by atoms with E-state index >= 15 is 0 Å². The van der Waals surface area contributed by atoms with Crippen LogP contribution in [0.15, 0.2) is 27.8 Å². The first-order valence-corrected chi connectivity index (χ1v) is 6.70. The first-order chi connectivity index (χ1) is 9.45. The van der Waals surface area contributed by atoms with E-state index in [4.69, 9.17) is 23.2 Å². The fourth-order valence-corrected chi connectivity index (χ4v) is 2.31. The third kappa shape index (κ3) is 2.64. The lowest BCUT2D eigenvalue weighted by atomic mass is 10.2. The van der Waals surface area contributed by atoms with Crippen LogP contribution < -0.4 is 11.2 Å². The highest BCUT2D eigenvalue weighted by molar-refractivity contribution is 6.30. The van der Waals surface area contributed by atoms with Crippen molar-refractivity contribution >= 4 is 23.2 Å². The number of benzene rings is 1. The second-order valence-corrected chi connectivity index (χ2v) is 5.02. The molecule has 2 rings (SSSR count). The molecule has 1 aromatic heterocycles. The van der Waals surface area contributed by atoms with Gasteiger partial charge in [0.25, 0.3) is 5.56 Å². The summed E-state index contributed by atoms with van der Waals surface area (Å²) in [6.07, 6.45) is 1.06. The molecule has 0 bridgehead atoms. The Hall–Kier alpha value is -1.59. The molecule has 0 unspecified atom stereocenters. The Kier molecular flexibility index (Phi) is 4.30. The van der Waals surface area contributed by atoms with E-state index in [1.807, 2.05) is 6.92 Å². The van der Waals surface area contributed by atoms with E-state index < -0.39 is 17.1 Å². The summed E-state index contributed by atoms with van der Waals surface area (Å²) in [5, 5.41) is 0.172. The van der Waals surface area contributed by atoms with Crippen LogP contribution in [0.25, 0.3) is 5.69 Å². The van der Waals surface area contributed by atoms with E-state index in [1.54, 1.807) is 0 Å². The Bertz CT molecular complexity index is 768. The summed E-state index contributed by atoms with van der Waals surface area (Å²) in [6.45, 7) is 1.87. The maximum absolute atomic E-state index is 13.9. The predicted molar refractivity (Wildman–Crippen MR) is 76.6 cm³/mol. The number of rotatable bonds is 3. The Morgan fingerprint density at radius 2 is 2.00 bits per heavy atom. The van der Waals surface area contributed by atoms with Gasteiger partial charge in [0, 0.05) is 5.02 Å². The third-order valence-corrected chi connectivity index (χ3v) is 3.35. The van der Waals surface area contributed by atoms with Crippen molar-refractivity contribution in [1.82, 2.24) is 9.55 Å². The van der Waals surface area contributed by atoms with Crippen molar-refractivity contribution in [3.8, 4) is 5.69 Å². The zero-order valence-electron chi connectivity index (χ0n) is 10.5. The minimum atomic E-state index is -0.791. The Morgan fingerprint density at radius 1 is 1.30 bits per heavy atom. The molecule has 0 aliphatic carbocycles. The molecule has 0 spiro atoms. The highest BCUT2D eigenvalue weighted by atomic mass is 35.5. The molecule has 1 heterocycles. The first kappa shape index (κ1) is 14.8. The van der Waals surface area contributed by atoms with Gasteiger partial charge in [-0.3, -0.25) is 9.78 Å². The summed E-state index contributed by atoms with van der Waals surface area (Å²) in [5.41, 5.74) is -1.32. The summed E-state index contributed by atoms with van der Waals surface area (Å²) in [4.78, 5) is 26.5. The molecular formula is C13H11Cl2FN2O2. The van der Waals surface area contributed by atoms with Crippen LogP contribution in [-0.2, 0) is 6.42 Å². The number of hydrogen-bond acceptors (Lipinski definition) is 2. The minimum absolute atomic E-state index is 0.00697. The van der Waals surface area contributed by atoms with Crippen LogP contribution in [0, 0.1) is 5.82 Å². The average Bonchev–Trinajstić information content (AvgIpc) is 2.37. The van der Waals surface area contributed by atoms with E-state index in [9.17, 15) is 14.0 Å². The molecular weight excluding hydrogens is 306 g/mol. The van der Waals surface area contributed by atoms with Gasteiger partial charge in [-0.25, -0.2) is 13.8 Å². The van der Waals surface area contributed by atoms with Crippen molar-refractivity contribution < 1.29 is 4.39 Å². The summed E-state index contributed by atoms with van der Waals surface area (Å²) in [7, 11) is 0. The normalized spacial score (nSPS) is 10.8. The first-order valence-electron chi connectivity index (χ1n) is 5.94. The number of aromatic nitrogens is 2. The lowest BCUT2D eigenvalue weighted by Crippen LogP contribution is -2.36. The summed E-state index contributed by atoms with van der Waals surface area (Å²) < 4.78 is 14.6. The van der Waals surface area contributed by atoms with Crippen LogP contribution in [0.2, 0.25) is 10.2 Å². The summed E-state index contributed by atoms with van der Waals surface area (Å²) >= 11 is 11.5. The summed E-state index contributed by atoms with van der Waals surface area (Å²) in [5.74, 6) is -0.755.